The fourth-order valence-corrected chi connectivity index (χ4v) is 3.92. The Morgan fingerprint density at radius 1 is 1.00 bits per heavy atom. The lowest BCUT2D eigenvalue weighted by molar-refractivity contribution is -0.384. The van der Waals surface area contributed by atoms with E-state index < -0.39 is 45.7 Å². The monoisotopic (exact) mass is 482 g/mol. The Bertz CT molecular complexity index is 1380. The van der Waals surface area contributed by atoms with Crippen LogP contribution in [0.4, 0.5) is 24.5 Å². The molecule has 0 radical (unpaired) electrons. The Balaban J connectivity index is 1.97. The number of Topliss-reactive ketones (excluding diaryl/α,β-unsaturated/α-hetero) is 1. The standard InChI is InChI=1S/C25H17F3N2O5/c1-14-8-10-15(11-9-14)22(31)20-21(16-4-2-7-19(12-16)30(34)35)29(24(33)23(20)32)18-6-3-5-17(13-18)25(26,27)28/h2-13,21,31H,1H3. The number of hydrogen-bond donors (Lipinski definition) is 1. The number of non-ortho nitro benzene ring substituents is 1. The predicted octanol–water partition coefficient (Wildman–Crippen LogP) is 5.55. The molecular formula is C25H17F3N2O5. The molecule has 1 amide bonds. The first kappa shape index (κ1) is 23.7. The predicted molar refractivity (Wildman–Crippen MR) is 121 cm³/mol. The molecule has 10 heteroatoms. The van der Waals surface area contributed by atoms with Crippen molar-refractivity contribution in [1.29, 1.82) is 0 Å². The van der Waals surface area contributed by atoms with Crippen molar-refractivity contribution in [1.82, 2.24) is 0 Å². The molecule has 1 aliphatic heterocycles. The highest BCUT2D eigenvalue weighted by Gasteiger charge is 2.47. The van der Waals surface area contributed by atoms with E-state index >= 15 is 0 Å². The lowest BCUT2D eigenvalue weighted by atomic mass is 9.94. The van der Waals surface area contributed by atoms with Crippen molar-refractivity contribution in [3.05, 3.63) is 111 Å². The minimum Gasteiger partial charge on any atom is -0.507 e. The highest BCUT2D eigenvalue weighted by Crippen LogP contribution is 2.44. The summed E-state index contributed by atoms with van der Waals surface area (Å²) in [6.45, 7) is 1.81. The molecule has 35 heavy (non-hydrogen) atoms. The Hall–Kier alpha value is -4.47. The zero-order chi connectivity index (χ0) is 25.5. The van der Waals surface area contributed by atoms with Crippen LogP contribution < -0.4 is 4.90 Å². The minimum absolute atomic E-state index is 0.0736. The van der Waals surface area contributed by atoms with Crippen molar-refractivity contribution in [3.8, 4) is 0 Å². The molecule has 0 spiro atoms. The quantitative estimate of drug-likeness (QED) is 0.173. The number of hydrogen-bond acceptors (Lipinski definition) is 5. The van der Waals surface area contributed by atoms with Crippen molar-refractivity contribution in [2.75, 3.05) is 4.90 Å². The van der Waals surface area contributed by atoms with Gasteiger partial charge >= 0.3 is 6.18 Å². The summed E-state index contributed by atoms with van der Waals surface area (Å²) in [5.74, 6) is -2.85. The van der Waals surface area contributed by atoms with E-state index in [1.807, 2.05) is 0 Å². The Kier molecular flexibility index (Phi) is 5.89. The lowest BCUT2D eigenvalue weighted by Crippen LogP contribution is -2.29. The summed E-state index contributed by atoms with van der Waals surface area (Å²) in [4.78, 5) is 37.7. The zero-order valence-electron chi connectivity index (χ0n) is 18.1. The molecule has 3 aromatic rings. The van der Waals surface area contributed by atoms with Gasteiger partial charge in [-0.2, -0.15) is 13.2 Å². The number of halogens is 3. The van der Waals surface area contributed by atoms with E-state index in [0.717, 1.165) is 28.7 Å². The molecule has 0 bridgehead atoms. The summed E-state index contributed by atoms with van der Waals surface area (Å²) >= 11 is 0. The second-order valence-corrected chi connectivity index (χ2v) is 7.94. The molecule has 7 nitrogen and oxygen atoms in total. The fraction of sp³-hybridized carbons (Fsp3) is 0.120. The molecule has 4 rings (SSSR count). The number of nitrogens with zero attached hydrogens (tertiary/aromatic N) is 2. The first-order valence-electron chi connectivity index (χ1n) is 10.3. The number of aliphatic hydroxyl groups excluding tert-OH is 1. The largest absolute Gasteiger partial charge is 0.507 e. The number of nitro groups is 1. The van der Waals surface area contributed by atoms with Crippen molar-refractivity contribution in [2.45, 2.75) is 19.1 Å². The van der Waals surface area contributed by atoms with Crippen LogP contribution in [0.3, 0.4) is 0 Å². The summed E-state index contributed by atoms with van der Waals surface area (Å²) in [6, 6.07) is 13.8. The lowest BCUT2D eigenvalue weighted by Gasteiger charge is -2.26. The number of aliphatic hydroxyl groups is 1. The number of ketones is 1. The maximum atomic E-state index is 13.4. The number of nitro benzene ring substituents is 1. The third-order valence-electron chi connectivity index (χ3n) is 5.62. The molecular weight excluding hydrogens is 465 g/mol. The molecule has 1 heterocycles. The Morgan fingerprint density at radius 2 is 1.66 bits per heavy atom. The molecule has 1 saturated heterocycles. The Labute approximate surface area is 196 Å². The van der Waals surface area contributed by atoms with E-state index in [1.165, 1.54) is 36.4 Å². The average molecular weight is 482 g/mol. The molecule has 178 valence electrons. The van der Waals surface area contributed by atoms with Crippen LogP contribution in [0.5, 0.6) is 0 Å². The first-order chi connectivity index (χ1) is 16.5. The van der Waals surface area contributed by atoms with Crippen molar-refractivity contribution < 1.29 is 32.8 Å². The van der Waals surface area contributed by atoms with Crippen LogP contribution >= 0.6 is 0 Å². The van der Waals surface area contributed by atoms with Crippen LogP contribution in [0.1, 0.15) is 28.3 Å². The zero-order valence-corrected chi connectivity index (χ0v) is 18.1. The van der Waals surface area contributed by atoms with Gasteiger partial charge in [-0.15, -0.1) is 0 Å². The molecule has 1 aliphatic rings. The van der Waals surface area contributed by atoms with E-state index in [0.29, 0.717) is 6.07 Å². The number of anilines is 1. The van der Waals surface area contributed by atoms with Gasteiger partial charge in [-0.05, 0) is 30.7 Å². The fourth-order valence-electron chi connectivity index (χ4n) is 3.92. The van der Waals surface area contributed by atoms with E-state index in [1.54, 1.807) is 19.1 Å². The minimum atomic E-state index is -4.72. The van der Waals surface area contributed by atoms with E-state index in [9.17, 15) is 38.0 Å². The van der Waals surface area contributed by atoms with Gasteiger partial charge in [0, 0.05) is 23.4 Å². The van der Waals surface area contributed by atoms with Gasteiger partial charge in [0.1, 0.15) is 5.76 Å². The number of aryl methyl sites for hydroxylation is 1. The maximum absolute atomic E-state index is 13.4. The molecule has 0 aromatic heterocycles. The number of carbonyl (C=O) groups is 2. The van der Waals surface area contributed by atoms with Crippen molar-refractivity contribution in [2.24, 2.45) is 0 Å². The molecule has 1 N–H and O–H groups in total. The maximum Gasteiger partial charge on any atom is 0.416 e. The molecule has 0 aliphatic carbocycles. The number of carbonyl (C=O) groups excluding carboxylic acids is 2. The molecule has 1 unspecified atom stereocenters. The second-order valence-electron chi connectivity index (χ2n) is 7.94. The number of benzene rings is 3. The third-order valence-corrected chi connectivity index (χ3v) is 5.62. The van der Waals surface area contributed by atoms with Gasteiger partial charge in [-0.25, -0.2) is 0 Å². The van der Waals surface area contributed by atoms with Crippen LogP contribution in [0.2, 0.25) is 0 Å². The van der Waals surface area contributed by atoms with Crippen molar-refractivity contribution >= 4 is 28.8 Å². The van der Waals surface area contributed by atoms with Gasteiger partial charge in [0.05, 0.1) is 22.1 Å². The van der Waals surface area contributed by atoms with Gasteiger partial charge in [0.2, 0.25) is 0 Å². The molecule has 1 fully saturated rings. The highest BCUT2D eigenvalue weighted by atomic mass is 19.4. The SMILES string of the molecule is Cc1ccc(C(O)=C2C(=O)C(=O)N(c3cccc(C(F)(F)F)c3)C2c2cccc([N+](=O)[O-])c2)cc1. The molecule has 0 saturated carbocycles. The van der Waals surface area contributed by atoms with Crippen LogP contribution in [0.15, 0.2) is 78.4 Å². The Morgan fingerprint density at radius 3 is 2.29 bits per heavy atom. The molecule has 1 atom stereocenters. The smallest absolute Gasteiger partial charge is 0.416 e. The third kappa shape index (κ3) is 4.37. The summed E-state index contributed by atoms with van der Waals surface area (Å²) in [6.07, 6.45) is -4.72. The van der Waals surface area contributed by atoms with Gasteiger partial charge in [0.25, 0.3) is 17.4 Å². The first-order valence-corrected chi connectivity index (χ1v) is 10.3. The van der Waals surface area contributed by atoms with E-state index in [2.05, 4.69) is 0 Å². The summed E-state index contributed by atoms with van der Waals surface area (Å²) < 4.78 is 40.1. The summed E-state index contributed by atoms with van der Waals surface area (Å²) in [5, 5.41) is 22.4. The number of rotatable bonds is 4. The van der Waals surface area contributed by atoms with Crippen LogP contribution in [0.25, 0.3) is 5.76 Å². The van der Waals surface area contributed by atoms with Crippen LogP contribution in [0, 0.1) is 17.0 Å². The number of alkyl halides is 3. The van der Waals surface area contributed by atoms with Crippen molar-refractivity contribution in [3.63, 3.8) is 0 Å². The second kappa shape index (κ2) is 8.71. The summed E-state index contributed by atoms with van der Waals surface area (Å²) in [5.41, 5.74) is -0.905. The topological polar surface area (TPSA) is 101 Å². The van der Waals surface area contributed by atoms with Gasteiger partial charge in [-0.3, -0.25) is 24.6 Å². The van der Waals surface area contributed by atoms with Crippen LogP contribution in [-0.4, -0.2) is 21.7 Å². The van der Waals surface area contributed by atoms with Crippen LogP contribution in [-0.2, 0) is 15.8 Å². The van der Waals surface area contributed by atoms with Gasteiger partial charge < -0.3 is 5.11 Å². The average Bonchev–Trinajstić information content (AvgIpc) is 3.09. The van der Waals surface area contributed by atoms with E-state index in [4.69, 9.17) is 0 Å². The number of amides is 1. The van der Waals surface area contributed by atoms with Gasteiger partial charge in [0.15, 0.2) is 0 Å². The highest BCUT2D eigenvalue weighted by molar-refractivity contribution is 6.51. The normalized spacial score (nSPS) is 17.6. The molecule has 3 aromatic carbocycles. The van der Waals surface area contributed by atoms with Gasteiger partial charge in [-0.1, -0.05) is 48.0 Å². The van der Waals surface area contributed by atoms with E-state index in [-0.39, 0.29) is 22.5 Å². The summed E-state index contributed by atoms with van der Waals surface area (Å²) in [7, 11) is 0.